The number of aryl methyl sites for hydroxylation is 2. The molecule has 4 aromatic rings. The molecular weight excluding hydrogens is 440 g/mol. The SMILES string of the molecule is CCCCc1nn2c(=O)cc(CSc3ccccc3NC(=O)c3ccc(C)cc3)nc2s1. The zero-order chi connectivity index (χ0) is 22.5. The van der Waals surface area contributed by atoms with Gasteiger partial charge in [0.05, 0.1) is 11.4 Å². The lowest BCUT2D eigenvalue weighted by Gasteiger charge is -2.11. The Morgan fingerprint density at radius 1 is 1.16 bits per heavy atom. The maximum atomic E-state index is 12.6. The van der Waals surface area contributed by atoms with Crippen LogP contribution in [0.4, 0.5) is 5.69 Å². The van der Waals surface area contributed by atoms with Gasteiger partial charge in [0.25, 0.3) is 11.5 Å². The topological polar surface area (TPSA) is 76.4 Å². The van der Waals surface area contributed by atoms with Crippen LogP contribution in [0.25, 0.3) is 4.96 Å². The minimum atomic E-state index is -0.162. The van der Waals surface area contributed by atoms with E-state index in [9.17, 15) is 9.59 Å². The molecule has 1 amide bonds. The molecule has 2 aromatic heterocycles. The number of rotatable bonds is 8. The Balaban J connectivity index is 1.49. The van der Waals surface area contributed by atoms with E-state index in [0.29, 0.717) is 22.0 Å². The molecule has 0 spiro atoms. The molecule has 8 heteroatoms. The molecule has 0 radical (unpaired) electrons. The number of carbonyl (C=O) groups is 1. The van der Waals surface area contributed by atoms with Gasteiger partial charge in [0, 0.05) is 28.7 Å². The molecule has 6 nitrogen and oxygen atoms in total. The van der Waals surface area contributed by atoms with E-state index in [1.54, 1.807) is 0 Å². The first-order valence-corrected chi connectivity index (χ1v) is 12.3. The quantitative estimate of drug-likeness (QED) is 0.356. The zero-order valence-corrected chi connectivity index (χ0v) is 19.6. The molecule has 2 heterocycles. The summed E-state index contributed by atoms with van der Waals surface area (Å²) in [6.45, 7) is 4.12. The Morgan fingerprint density at radius 2 is 1.94 bits per heavy atom. The number of benzene rings is 2. The fourth-order valence-corrected chi connectivity index (χ4v) is 5.01. The molecule has 0 saturated heterocycles. The number of aromatic nitrogens is 3. The Kier molecular flexibility index (Phi) is 7.02. The van der Waals surface area contributed by atoms with Crippen molar-refractivity contribution in [2.45, 2.75) is 43.8 Å². The largest absolute Gasteiger partial charge is 0.321 e. The van der Waals surface area contributed by atoms with Crippen LogP contribution >= 0.6 is 23.1 Å². The second-order valence-electron chi connectivity index (χ2n) is 7.48. The van der Waals surface area contributed by atoms with Crippen molar-refractivity contribution in [1.29, 1.82) is 0 Å². The molecule has 164 valence electrons. The maximum Gasteiger partial charge on any atom is 0.275 e. The lowest BCUT2D eigenvalue weighted by molar-refractivity contribution is 0.102. The number of amides is 1. The van der Waals surface area contributed by atoms with Gasteiger partial charge >= 0.3 is 0 Å². The third kappa shape index (κ3) is 5.26. The Bertz CT molecular complexity index is 1300. The second kappa shape index (κ2) is 10.1. The van der Waals surface area contributed by atoms with E-state index in [2.05, 4.69) is 22.3 Å². The molecule has 0 atom stereocenters. The molecule has 32 heavy (non-hydrogen) atoms. The average molecular weight is 465 g/mol. The van der Waals surface area contributed by atoms with Crippen LogP contribution in [0.15, 0.2) is 64.3 Å². The van der Waals surface area contributed by atoms with Gasteiger partial charge < -0.3 is 5.32 Å². The van der Waals surface area contributed by atoms with Crippen LogP contribution in [0.2, 0.25) is 0 Å². The van der Waals surface area contributed by atoms with Gasteiger partial charge in [-0.3, -0.25) is 9.59 Å². The van der Waals surface area contributed by atoms with Crippen molar-refractivity contribution >= 4 is 39.7 Å². The molecule has 1 N–H and O–H groups in total. The minimum Gasteiger partial charge on any atom is -0.321 e. The molecule has 0 aliphatic heterocycles. The van der Waals surface area contributed by atoms with Crippen molar-refractivity contribution < 1.29 is 4.79 Å². The van der Waals surface area contributed by atoms with Crippen LogP contribution in [0.3, 0.4) is 0 Å². The summed E-state index contributed by atoms with van der Waals surface area (Å²) in [4.78, 5) is 31.3. The van der Waals surface area contributed by atoms with Crippen LogP contribution in [0, 0.1) is 6.92 Å². The van der Waals surface area contributed by atoms with E-state index < -0.39 is 0 Å². The molecule has 4 rings (SSSR count). The normalized spacial score (nSPS) is 11.1. The van der Waals surface area contributed by atoms with E-state index in [-0.39, 0.29) is 11.5 Å². The predicted octanol–water partition coefficient (Wildman–Crippen LogP) is 5.35. The summed E-state index contributed by atoms with van der Waals surface area (Å²) in [7, 11) is 0. The van der Waals surface area contributed by atoms with Crippen LogP contribution in [0.1, 0.15) is 46.4 Å². The number of thioether (sulfide) groups is 1. The van der Waals surface area contributed by atoms with Gasteiger partial charge in [-0.2, -0.15) is 9.61 Å². The number of nitrogens with zero attached hydrogens (tertiary/aromatic N) is 3. The predicted molar refractivity (Wildman–Crippen MR) is 131 cm³/mol. The number of para-hydroxylation sites is 1. The average Bonchev–Trinajstić information content (AvgIpc) is 3.21. The molecule has 0 aliphatic rings. The monoisotopic (exact) mass is 464 g/mol. The maximum absolute atomic E-state index is 12.6. The van der Waals surface area contributed by atoms with Crippen molar-refractivity contribution in [3.63, 3.8) is 0 Å². The number of carbonyl (C=O) groups excluding carboxylic acids is 1. The highest BCUT2D eigenvalue weighted by molar-refractivity contribution is 7.98. The molecular formula is C24H24N4O2S2. The van der Waals surface area contributed by atoms with Crippen molar-refractivity contribution in [2.24, 2.45) is 0 Å². The summed E-state index contributed by atoms with van der Waals surface area (Å²) in [6.07, 6.45) is 2.99. The van der Waals surface area contributed by atoms with Gasteiger partial charge in [0.15, 0.2) is 0 Å². The number of nitrogens with one attached hydrogen (secondary N) is 1. The van der Waals surface area contributed by atoms with Crippen molar-refractivity contribution in [2.75, 3.05) is 5.32 Å². The van der Waals surface area contributed by atoms with Crippen LogP contribution in [-0.4, -0.2) is 20.5 Å². The number of unbranched alkanes of at least 4 members (excludes halogenated alkanes) is 1. The summed E-state index contributed by atoms with van der Waals surface area (Å²) in [6, 6.07) is 16.7. The van der Waals surface area contributed by atoms with Crippen LogP contribution < -0.4 is 10.9 Å². The van der Waals surface area contributed by atoms with Gasteiger partial charge in [0.1, 0.15) is 5.01 Å². The summed E-state index contributed by atoms with van der Waals surface area (Å²) in [5, 5.41) is 8.32. The van der Waals surface area contributed by atoms with Crippen molar-refractivity contribution in [1.82, 2.24) is 14.6 Å². The molecule has 0 bridgehead atoms. The first-order chi connectivity index (χ1) is 15.5. The first-order valence-electron chi connectivity index (χ1n) is 10.5. The number of fused-ring (bicyclic) bond motifs is 1. The molecule has 0 fully saturated rings. The van der Waals surface area contributed by atoms with Gasteiger partial charge in [-0.15, -0.1) is 11.8 Å². The van der Waals surface area contributed by atoms with E-state index in [4.69, 9.17) is 0 Å². The first kappa shape index (κ1) is 22.2. The smallest absolute Gasteiger partial charge is 0.275 e. The highest BCUT2D eigenvalue weighted by atomic mass is 32.2. The van der Waals surface area contributed by atoms with Crippen LogP contribution in [-0.2, 0) is 12.2 Å². The summed E-state index contributed by atoms with van der Waals surface area (Å²) in [5.74, 6) is 0.367. The third-order valence-electron chi connectivity index (χ3n) is 4.91. The lowest BCUT2D eigenvalue weighted by Crippen LogP contribution is -2.15. The molecule has 0 aliphatic carbocycles. The van der Waals surface area contributed by atoms with Gasteiger partial charge in [-0.1, -0.05) is 54.5 Å². The Hall–Kier alpha value is -2.97. The van der Waals surface area contributed by atoms with Crippen LogP contribution in [0.5, 0.6) is 0 Å². The van der Waals surface area contributed by atoms with Gasteiger partial charge in [-0.25, -0.2) is 4.98 Å². The third-order valence-corrected chi connectivity index (χ3v) is 6.98. The number of anilines is 1. The number of hydrogen-bond acceptors (Lipinski definition) is 6. The van der Waals surface area contributed by atoms with Crippen molar-refractivity contribution in [3.8, 4) is 0 Å². The Labute approximate surface area is 194 Å². The van der Waals surface area contributed by atoms with E-state index in [1.807, 2.05) is 55.5 Å². The van der Waals surface area contributed by atoms with E-state index in [0.717, 1.165) is 40.4 Å². The standard InChI is InChI=1S/C24H24N4O2S2/c1-3-4-9-21-27-28-22(29)14-18(25-24(28)32-21)15-31-20-8-6-5-7-19(20)26-23(30)17-12-10-16(2)11-13-17/h5-8,10-14H,3-4,9,15H2,1-2H3,(H,26,30). The highest BCUT2D eigenvalue weighted by Crippen LogP contribution is 2.30. The van der Waals surface area contributed by atoms with Crippen molar-refractivity contribution in [3.05, 3.63) is 86.8 Å². The fraction of sp³-hybridized carbons (Fsp3) is 0.250. The second-order valence-corrected chi connectivity index (χ2v) is 9.54. The number of hydrogen-bond donors (Lipinski definition) is 1. The Morgan fingerprint density at radius 3 is 2.72 bits per heavy atom. The summed E-state index contributed by atoms with van der Waals surface area (Å²) < 4.78 is 1.39. The molecule has 0 unspecified atom stereocenters. The highest BCUT2D eigenvalue weighted by Gasteiger charge is 2.12. The van der Waals surface area contributed by atoms with E-state index >= 15 is 0 Å². The lowest BCUT2D eigenvalue weighted by atomic mass is 10.1. The minimum absolute atomic E-state index is 0.153. The molecule has 0 saturated carbocycles. The molecule has 2 aromatic carbocycles. The van der Waals surface area contributed by atoms with Gasteiger partial charge in [0.2, 0.25) is 4.96 Å². The van der Waals surface area contributed by atoms with Gasteiger partial charge in [-0.05, 0) is 37.6 Å². The van der Waals surface area contributed by atoms with E-state index in [1.165, 1.54) is 33.7 Å². The zero-order valence-electron chi connectivity index (χ0n) is 18.0. The summed E-state index contributed by atoms with van der Waals surface area (Å²) >= 11 is 3.01. The summed E-state index contributed by atoms with van der Waals surface area (Å²) in [5.41, 5.74) is 2.99. The fourth-order valence-electron chi connectivity index (χ4n) is 3.15.